The Hall–Kier alpha value is -2.74. The molecule has 9 heteroatoms. The topological polar surface area (TPSA) is 75.7 Å². The third-order valence-electron chi connectivity index (χ3n) is 5.88. The molecule has 3 rings (SSSR count). The maximum absolute atomic E-state index is 13.5. The molecule has 0 aliphatic heterocycles. The van der Waals surface area contributed by atoms with Crippen LogP contribution < -0.4 is 14.4 Å². The van der Waals surface area contributed by atoms with E-state index in [1.807, 2.05) is 26.0 Å². The molecular formula is C27H30Cl2N2O4S. The summed E-state index contributed by atoms with van der Waals surface area (Å²) in [5.74, 6) is 0.539. The Kier molecular flexibility index (Phi) is 8.93. The van der Waals surface area contributed by atoms with Crippen LogP contribution in [0.1, 0.15) is 49.4 Å². The number of sulfonamides is 1. The second-order valence-electron chi connectivity index (χ2n) is 8.82. The zero-order valence-corrected chi connectivity index (χ0v) is 23.2. The van der Waals surface area contributed by atoms with E-state index in [4.69, 9.17) is 27.9 Å². The number of amides is 1. The highest BCUT2D eigenvalue weighted by atomic mass is 35.5. The van der Waals surface area contributed by atoms with Gasteiger partial charge in [-0.05, 0) is 78.9 Å². The lowest BCUT2D eigenvalue weighted by Crippen LogP contribution is -2.41. The minimum Gasteiger partial charge on any atom is -0.496 e. The van der Waals surface area contributed by atoms with Gasteiger partial charge in [-0.1, -0.05) is 55.2 Å². The molecule has 0 aromatic heterocycles. The van der Waals surface area contributed by atoms with Gasteiger partial charge in [0.15, 0.2) is 0 Å². The van der Waals surface area contributed by atoms with Gasteiger partial charge >= 0.3 is 0 Å². The summed E-state index contributed by atoms with van der Waals surface area (Å²) in [5.41, 5.74) is 3.07. The van der Waals surface area contributed by atoms with Crippen molar-refractivity contribution in [1.82, 2.24) is 5.32 Å². The van der Waals surface area contributed by atoms with E-state index in [-0.39, 0.29) is 27.6 Å². The molecule has 0 heterocycles. The lowest BCUT2D eigenvalue weighted by atomic mass is 9.93. The Morgan fingerprint density at radius 3 is 2.25 bits per heavy atom. The maximum Gasteiger partial charge on any atom is 0.264 e. The van der Waals surface area contributed by atoms with Crippen LogP contribution in [0.25, 0.3) is 0 Å². The third-order valence-corrected chi connectivity index (χ3v) is 8.19. The first-order valence-electron chi connectivity index (χ1n) is 11.5. The summed E-state index contributed by atoms with van der Waals surface area (Å²) in [6, 6.07) is 16.0. The van der Waals surface area contributed by atoms with Crippen LogP contribution in [0.15, 0.2) is 65.6 Å². The van der Waals surface area contributed by atoms with Crippen molar-refractivity contribution in [2.75, 3.05) is 18.0 Å². The smallest absolute Gasteiger partial charge is 0.264 e. The molecule has 1 amide bonds. The molecule has 0 unspecified atom stereocenters. The summed E-state index contributed by atoms with van der Waals surface area (Å²) < 4.78 is 33.6. The summed E-state index contributed by atoms with van der Waals surface area (Å²) in [4.78, 5) is 13.3. The first-order valence-corrected chi connectivity index (χ1v) is 13.7. The molecule has 192 valence electrons. The summed E-state index contributed by atoms with van der Waals surface area (Å²) in [7, 11) is -2.46. The first kappa shape index (κ1) is 27.8. The summed E-state index contributed by atoms with van der Waals surface area (Å²) in [6.45, 7) is 7.49. The molecule has 0 fully saturated rings. The van der Waals surface area contributed by atoms with E-state index in [2.05, 4.69) is 19.2 Å². The Balaban J connectivity index is 1.94. The largest absolute Gasteiger partial charge is 0.496 e. The standard InChI is InChI=1S/C27H30Cl2N2O4S/c1-17(2)22-15-23(18(3)13-26(22)35-5)19(4)30-27(32)16-31(25-12-11-20(28)14-24(25)29)36(33,34)21-9-7-6-8-10-21/h6-15,17,19H,16H2,1-5H3,(H,30,32)/t19-/m0/s1. The number of hydrogen-bond acceptors (Lipinski definition) is 4. The third kappa shape index (κ3) is 6.14. The molecule has 3 aromatic rings. The highest BCUT2D eigenvalue weighted by Crippen LogP contribution is 2.34. The van der Waals surface area contributed by atoms with Crippen molar-refractivity contribution < 1.29 is 17.9 Å². The molecular weight excluding hydrogens is 519 g/mol. The van der Waals surface area contributed by atoms with Crippen LogP contribution in [0.5, 0.6) is 5.75 Å². The van der Waals surface area contributed by atoms with Gasteiger partial charge in [-0.25, -0.2) is 8.42 Å². The normalized spacial score (nSPS) is 12.3. The van der Waals surface area contributed by atoms with Gasteiger partial charge in [0, 0.05) is 5.02 Å². The van der Waals surface area contributed by atoms with Crippen LogP contribution in [-0.2, 0) is 14.8 Å². The minimum atomic E-state index is -4.09. The zero-order valence-electron chi connectivity index (χ0n) is 20.9. The fourth-order valence-corrected chi connectivity index (χ4v) is 6.03. The van der Waals surface area contributed by atoms with Gasteiger partial charge in [-0.3, -0.25) is 9.10 Å². The quantitative estimate of drug-likeness (QED) is 0.330. The molecule has 0 saturated carbocycles. The summed E-state index contributed by atoms with van der Waals surface area (Å²) in [6.07, 6.45) is 0. The number of nitrogens with zero attached hydrogens (tertiary/aromatic N) is 1. The second kappa shape index (κ2) is 11.5. The van der Waals surface area contributed by atoms with Gasteiger partial charge in [0.1, 0.15) is 12.3 Å². The van der Waals surface area contributed by atoms with E-state index in [1.54, 1.807) is 25.3 Å². The Morgan fingerprint density at radius 2 is 1.67 bits per heavy atom. The number of methoxy groups -OCH3 is 1. The van der Waals surface area contributed by atoms with Gasteiger partial charge in [0.2, 0.25) is 5.91 Å². The fourth-order valence-electron chi connectivity index (χ4n) is 4.01. The number of hydrogen-bond donors (Lipinski definition) is 1. The molecule has 0 bridgehead atoms. The number of halogens is 2. The predicted octanol–water partition coefficient (Wildman–Crippen LogP) is 6.51. The van der Waals surface area contributed by atoms with E-state index in [0.29, 0.717) is 5.02 Å². The average molecular weight is 550 g/mol. The molecule has 0 saturated heterocycles. The lowest BCUT2D eigenvalue weighted by molar-refractivity contribution is -0.120. The van der Waals surface area contributed by atoms with Gasteiger partial charge < -0.3 is 10.1 Å². The molecule has 3 aromatic carbocycles. The number of aryl methyl sites for hydroxylation is 1. The van der Waals surface area contributed by atoms with Crippen molar-refractivity contribution in [2.24, 2.45) is 0 Å². The predicted molar refractivity (Wildman–Crippen MR) is 146 cm³/mol. The van der Waals surface area contributed by atoms with Crippen molar-refractivity contribution in [3.63, 3.8) is 0 Å². The number of ether oxygens (including phenoxy) is 1. The molecule has 1 atom stereocenters. The van der Waals surface area contributed by atoms with Crippen molar-refractivity contribution >= 4 is 44.8 Å². The molecule has 0 spiro atoms. The molecule has 0 aliphatic carbocycles. The van der Waals surface area contributed by atoms with Crippen LogP contribution in [0.2, 0.25) is 10.0 Å². The van der Waals surface area contributed by atoms with Crippen molar-refractivity contribution in [1.29, 1.82) is 0 Å². The van der Waals surface area contributed by atoms with E-state index < -0.39 is 22.5 Å². The van der Waals surface area contributed by atoms with Gasteiger partial charge in [0.25, 0.3) is 10.0 Å². The highest BCUT2D eigenvalue weighted by Gasteiger charge is 2.29. The Labute approximate surface area is 223 Å². The van der Waals surface area contributed by atoms with Crippen molar-refractivity contribution in [3.8, 4) is 5.75 Å². The van der Waals surface area contributed by atoms with E-state index in [0.717, 1.165) is 26.7 Å². The highest BCUT2D eigenvalue weighted by molar-refractivity contribution is 7.92. The molecule has 0 radical (unpaired) electrons. The van der Waals surface area contributed by atoms with Crippen LogP contribution in [0, 0.1) is 6.92 Å². The lowest BCUT2D eigenvalue weighted by Gasteiger charge is -2.26. The number of carbonyl (C=O) groups excluding carboxylic acids is 1. The van der Waals surface area contributed by atoms with Crippen LogP contribution >= 0.6 is 23.2 Å². The minimum absolute atomic E-state index is 0.0458. The van der Waals surface area contributed by atoms with Crippen LogP contribution in [0.4, 0.5) is 5.69 Å². The second-order valence-corrected chi connectivity index (χ2v) is 11.5. The van der Waals surface area contributed by atoms with Crippen LogP contribution in [-0.4, -0.2) is 28.0 Å². The number of nitrogens with one attached hydrogen (secondary N) is 1. The number of anilines is 1. The maximum atomic E-state index is 13.5. The van der Waals surface area contributed by atoms with Gasteiger partial charge in [-0.15, -0.1) is 0 Å². The molecule has 1 N–H and O–H groups in total. The summed E-state index contributed by atoms with van der Waals surface area (Å²) >= 11 is 12.4. The monoisotopic (exact) mass is 548 g/mol. The number of rotatable bonds is 9. The van der Waals surface area contributed by atoms with E-state index in [9.17, 15) is 13.2 Å². The molecule has 6 nitrogen and oxygen atoms in total. The summed E-state index contributed by atoms with van der Waals surface area (Å²) in [5, 5.41) is 3.42. The molecule has 0 aliphatic rings. The first-order chi connectivity index (χ1) is 16.9. The molecule has 36 heavy (non-hydrogen) atoms. The van der Waals surface area contributed by atoms with E-state index in [1.165, 1.54) is 30.3 Å². The Bertz CT molecular complexity index is 1350. The van der Waals surface area contributed by atoms with Crippen LogP contribution in [0.3, 0.4) is 0 Å². The SMILES string of the molecule is COc1cc(C)c([C@H](C)NC(=O)CN(c2ccc(Cl)cc2Cl)S(=O)(=O)c2ccccc2)cc1C(C)C. The van der Waals surface area contributed by atoms with Gasteiger partial charge in [-0.2, -0.15) is 0 Å². The zero-order chi connectivity index (χ0) is 26.6. The average Bonchev–Trinajstić information content (AvgIpc) is 2.82. The van der Waals surface area contributed by atoms with E-state index >= 15 is 0 Å². The number of carbonyl (C=O) groups is 1. The van der Waals surface area contributed by atoms with Crippen molar-refractivity contribution in [2.45, 2.75) is 44.6 Å². The van der Waals surface area contributed by atoms with Crippen molar-refractivity contribution in [3.05, 3.63) is 87.4 Å². The van der Waals surface area contributed by atoms with Gasteiger partial charge in [0.05, 0.1) is 28.8 Å². The fraction of sp³-hybridized carbons (Fsp3) is 0.296. The Morgan fingerprint density at radius 1 is 1.00 bits per heavy atom. The number of benzene rings is 3.